The van der Waals surface area contributed by atoms with Gasteiger partial charge < -0.3 is 24.1 Å². The molecule has 0 unspecified atom stereocenters. The molecule has 0 aromatic heterocycles. The summed E-state index contributed by atoms with van der Waals surface area (Å²) >= 11 is 45.2. The van der Waals surface area contributed by atoms with Gasteiger partial charge in [0.2, 0.25) is 0 Å². The summed E-state index contributed by atoms with van der Waals surface area (Å²) in [6, 6.07) is 7.22. The van der Waals surface area contributed by atoms with E-state index in [-0.39, 0.29) is 0 Å². The van der Waals surface area contributed by atoms with Crippen LogP contribution < -0.4 is 0 Å². The van der Waals surface area contributed by atoms with Gasteiger partial charge in [0.05, 0.1) is 135 Å². The second kappa shape index (κ2) is 37.3. The standard InChI is InChI=1S/C45H52O6S24/c1-52-28-29(53-2)65-40(64-28)42-68-32(56-5)35(71-42)59-20-16-48-12-14-50-18-22-61-38-39(75-45(74-38)44-70-34(58-7)37(73-44)63-24-25-8-10-26(11-9-25)27(46)47)62-23-19-51-15-13-49-17-21-60-36-33(57-6)69-43(72-36)41-66-30(54-3)31(55-4)67-41/h8-11H,12-24H2,1-7H3,(H,46,47). The first-order chi connectivity index (χ1) is 36.7. The van der Waals surface area contributed by atoms with Crippen molar-refractivity contribution >= 4 is 288 Å². The first-order valence-electron chi connectivity index (χ1n) is 22.1. The summed E-state index contributed by atoms with van der Waals surface area (Å²) in [6.07, 6.45) is 15.2. The van der Waals surface area contributed by atoms with Crippen molar-refractivity contribution in [2.75, 3.05) is 120 Å². The van der Waals surface area contributed by atoms with Crippen LogP contribution in [0.15, 0.2) is 101 Å². The summed E-state index contributed by atoms with van der Waals surface area (Å²) in [4.78, 5) is 11.4. The first kappa shape index (κ1) is 67.1. The second-order valence-corrected chi connectivity index (χ2v) is 42.0. The molecular formula is C45H52O6S24. The van der Waals surface area contributed by atoms with Crippen LogP contribution in [0.4, 0.5) is 0 Å². The minimum absolute atomic E-state index is 0.315. The van der Waals surface area contributed by atoms with Gasteiger partial charge in [-0.2, -0.15) is 0 Å². The lowest BCUT2D eigenvalue weighted by atomic mass is 10.1. The van der Waals surface area contributed by atoms with Gasteiger partial charge in [0.15, 0.2) is 0 Å². The van der Waals surface area contributed by atoms with Gasteiger partial charge in [-0.15, -0.1) is 141 Å². The molecular weight excluding hydrogens is 1410 g/mol. The van der Waals surface area contributed by atoms with Gasteiger partial charge in [0, 0.05) is 28.8 Å². The molecule has 0 saturated carbocycles. The van der Waals surface area contributed by atoms with Gasteiger partial charge in [0.25, 0.3) is 0 Å². The first-order valence-corrected chi connectivity index (χ1v) is 45.4. The molecule has 75 heavy (non-hydrogen) atoms. The van der Waals surface area contributed by atoms with Gasteiger partial charge >= 0.3 is 5.97 Å². The van der Waals surface area contributed by atoms with Crippen molar-refractivity contribution in [3.05, 3.63) is 112 Å². The van der Waals surface area contributed by atoms with E-state index in [1.54, 1.807) is 23.9 Å². The quantitative estimate of drug-likeness (QED) is 0.0678. The maximum absolute atomic E-state index is 11.4. The zero-order chi connectivity index (χ0) is 52.9. The number of hydrogen-bond donors (Lipinski definition) is 1. The zero-order valence-corrected chi connectivity index (χ0v) is 60.9. The molecule has 1 aromatic rings. The Kier molecular flexibility index (Phi) is 33.4. The van der Waals surface area contributed by atoms with Gasteiger partial charge in [0.1, 0.15) is 0 Å². The summed E-state index contributed by atoms with van der Waals surface area (Å²) in [6.45, 7) is 5.09. The molecule has 0 bridgehead atoms. The molecule has 7 rings (SSSR count). The lowest BCUT2D eigenvalue weighted by Gasteiger charge is -2.08. The summed E-state index contributed by atoms with van der Waals surface area (Å²) in [5.41, 5.74) is 1.43. The Morgan fingerprint density at radius 3 is 0.827 bits per heavy atom. The van der Waals surface area contributed by atoms with Crippen LogP contribution in [0.25, 0.3) is 0 Å². The molecule has 0 amide bonds. The van der Waals surface area contributed by atoms with Crippen LogP contribution in [-0.2, 0) is 24.7 Å². The van der Waals surface area contributed by atoms with Crippen LogP contribution >= 0.6 is 282 Å². The molecule has 6 nitrogen and oxygen atoms in total. The number of thioether (sulfide) groups is 24. The predicted molar refractivity (Wildman–Crippen MR) is 387 cm³/mol. The molecule has 0 saturated heterocycles. The third-order valence-corrected chi connectivity index (χ3v) is 42.8. The minimum Gasteiger partial charge on any atom is -0.478 e. The van der Waals surface area contributed by atoms with Gasteiger partial charge in [-0.05, 0) is 61.5 Å². The van der Waals surface area contributed by atoms with E-state index in [2.05, 4.69) is 43.8 Å². The maximum atomic E-state index is 11.4. The highest BCUT2D eigenvalue weighted by Gasteiger charge is 2.33. The van der Waals surface area contributed by atoms with Crippen LogP contribution in [0.1, 0.15) is 15.9 Å². The van der Waals surface area contributed by atoms with Crippen LogP contribution in [0.3, 0.4) is 0 Å². The Bertz CT molecular complexity index is 2310. The van der Waals surface area contributed by atoms with Gasteiger partial charge in [-0.3, -0.25) is 0 Å². The molecule has 6 aliphatic rings. The molecule has 1 aromatic carbocycles. The van der Waals surface area contributed by atoms with E-state index in [0.717, 1.165) is 34.3 Å². The van der Waals surface area contributed by atoms with E-state index in [0.29, 0.717) is 58.4 Å². The number of rotatable bonds is 33. The molecule has 0 fully saturated rings. The summed E-state index contributed by atoms with van der Waals surface area (Å²) in [5, 5.41) is 9.34. The Hall–Kier alpha value is 4.59. The smallest absolute Gasteiger partial charge is 0.335 e. The molecule has 6 heterocycles. The van der Waals surface area contributed by atoms with Crippen molar-refractivity contribution in [3.63, 3.8) is 0 Å². The van der Waals surface area contributed by atoms with Crippen molar-refractivity contribution in [3.8, 4) is 0 Å². The average molecular weight is 1460 g/mol. The van der Waals surface area contributed by atoms with Crippen molar-refractivity contribution in [2.24, 2.45) is 0 Å². The number of benzene rings is 1. The van der Waals surface area contributed by atoms with Crippen molar-refractivity contribution in [2.45, 2.75) is 5.75 Å². The Morgan fingerprint density at radius 2 is 0.573 bits per heavy atom. The topological polar surface area (TPSA) is 74.2 Å². The van der Waals surface area contributed by atoms with Crippen LogP contribution in [0, 0.1) is 0 Å². The maximum Gasteiger partial charge on any atom is 0.335 e. The SMILES string of the molecule is CSC1=C(SC)SC(=C2SC(SC)=C(SCCOCCOCCSC3=C(SCCOCCOCCSC4=C(SC)SC(=C5SC(SC)=C(SC)S5)S4)SC(=C4SC(SC)=C(SCc5ccc(C(=O)O)cc5)S4)S3)S2)S1. The highest BCUT2D eigenvalue weighted by molar-refractivity contribution is 8.47. The summed E-state index contributed by atoms with van der Waals surface area (Å²) in [5.74, 6) is 3.48. The van der Waals surface area contributed by atoms with E-state index in [1.807, 2.05) is 283 Å². The highest BCUT2D eigenvalue weighted by atomic mass is 32.3. The minimum atomic E-state index is -0.898. The largest absolute Gasteiger partial charge is 0.478 e. The van der Waals surface area contributed by atoms with Crippen LogP contribution in [-0.4, -0.2) is 131 Å². The fraction of sp³-hybridized carbons (Fsp3) is 0.444. The fourth-order valence-electron chi connectivity index (χ4n) is 5.76. The third-order valence-electron chi connectivity index (χ3n) is 9.18. The van der Waals surface area contributed by atoms with E-state index in [4.69, 9.17) is 18.9 Å². The average Bonchev–Trinajstić information content (AvgIpc) is 4.31. The van der Waals surface area contributed by atoms with Crippen molar-refractivity contribution in [1.29, 1.82) is 0 Å². The van der Waals surface area contributed by atoms with Gasteiger partial charge in [-0.1, -0.05) is 153 Å². The molecule has 0 radical (unpaired) electrons. The lowest BCUT2D eigenvalue weighted by Crippen LogP contribution is -2.08. The molecule has 30 heteroatoms. The summed E-state index contributed by atoms with van der Waals surface area (Å²) in [7, 11) is 0. The normalized spacial score (nSPS) is 18.6. The lowest BCUT2D eigenvalue weighted by molar-refractivity contribution is 0.0605. The summed E-state index contributed by atoms with van der Waals surface area (Å²) < 4.78 is 49.1. The van der Waals surface area contributed by atoms with Crippen molar-refractivity contribution < 1.29 is 28.8 Å². The molecule has 0 atom stereocenters. The third kappa shape index (κ3) is 21.2. The molecule has 0 spiro atoms. The Balaban J connectivity index is 0.814. The van der Waals surface area contributed by atoms with Gasteiger partial charge in [-0.25, -0.2) is 4.79 Å². The molecule has 412 valence electrons. The van der Waals surface area contributed by atoms with Crippen LogP contribution in [0.5, 0.6) is 0 Å². The monoisotopic (exact) mass is 1460 g/mol. The number of carbonyl (C=O) groups is 1. The fourth-order valence-corrected chi connectivity index (χ4v) is 38.4. The Labute approximate surface area is 546 Å². The van der Waals surface area contributed by atoms with E-state index in [1.165, 1.54) is 76.3 Å². The molecule has 6 aliphatic heterocycles. The van der Waals surface area contributed by atoms with E-state index >= 15 is 0 Å². The number of carboxylic acids is 1. The second-order valence-electron chi connectivity index (χ2n) is 14.0. The predicted octanol–water partition coefficient (Wildman–Crippen LogP) is 21.2. The molecule has 0 aliphatic carbocycles. The van der Waals surface area contributed by atoms with Crippen molar-refractivity contribution in [1.82, 2.24) is 0 Å². The van der Waals surface area contributed by atoms with Crippen LogP contribution in [0.2, 0.25) is 0 Å². The zero-order valence-electron chi connectivity index (χ0n) is 41.3. The highest BCUT2D eigenvalue weighted by Crippen LogP contribution is 2.68. The van der Waals surface area contributed by atoms with E-state index < -0.39 is 5.97 Å². The Morgan fingerprint density at radius 1 is 0.347 bits per heavy atom. The number of hydrogen-bond acceptors (Lipinski definition) is 29. The van der Waals surface area contributed by atoms with E-state index in [9.17, 15) is 9.90 Å². The molecule has 1 N–H and O–H groups in total. The number of aromatic carboxylic acids is 1. The number of carboxylic acid groups (broad SMARTS) is 1. The number of ether oxygens (including phenoxy) is 4.